The van der Waals surface area contributed by atoms with Gasteiger partial charge in [0.2, 0.25) is 0 Å². The molecule has 1 unspecified atom stereocenters. The maximum absolute atomic E-state index is 11.6. The van der Waals surface area contributed by atoms with Gasteiger partial charge in [-0.25, -0.2) is 0 Å². The maximum Gasteiger partial charge on any atom is 0.258 e. The minimum atomic E-state index is -0.942. The number of rotatable bonds is 6. The number of benzene rings is 1. The highest BCUT2D eigenvalue weighted by Crippen LogP contribution is 2.25. The van der Waals surface area contributed by atoms with Gasteiger partial charge in [-0.15, -0.1) is 0 Å². The molecule has 2 rings (SSSR count). The second-order valence-corrected chi connectivity index (χ2v) is 5.39. The Bertz CT molecular complexity index is 660. The van der Waals surface area contributed by atoms with E-state index in [-0.39, 0.29) is 19.0 Å². The van der Waals surface area contributed by atoms with Crippen LogP contribution in [0.2, 0.25) is 10.0 Å². The van der Waals surface area contributed by atoms with Gasteiger partial charge in [0.1, 0.15) is 5.76 Å². The Balaban J connectivity index is 1.80. The van der Waals surface area contributed by atoms with E-state index in [1.807, 2.05) is 0 Å². The maximum atomic E-state index is 11.6. The molecule has 0 aliphatic carbocycles. The molecule has 0 aliphatic heterocycles. The molecule has 8 heteroatoms. The van der Waals surface area contributed by atoms with Crippen molar-refractivity contribution in [1.82, 2.24) is 10.5 Å². The van der Waals surface area contributed by atoms with Crippen molar-refractivity contribution in [3.05, 3.63) is 45.6 Å². The number of carbonyl (C=O) groups is 1. The van der Waals surface area contributed by atoms with E-state index in [2.05, 4.69) is 10.5 Å². The molecule has 2 aromatic rings. The fourth-order valence-corrected chi connectivity index (χ4v) is 2.23. The Labute approximate surface area is 137 Å². The lowest BCUT2D eigenvalue weighted by Gasteiger charge is -2.14. The number of nitrogens with one attached hydrogen (secondary N) is 1. The van der Waals surface area contributed by atoms with E-state index in [1.54, 1.807) is 25.1 Å². The van der Waals surface area contributed by atoms with Crippen molar-refractivity contribution in [2.75, 3.05) is 13.2 Å². The number of carbonyl (C=O) groups excluding carboxylic acids is 1. The van der Waals surface area contributed by atoms with E-state index in [0.29, 0.717) is 21.4 Å². The summed E-state index contributed by atoms with van der Waals surface area (Å²) in [6, 6.07) is 6.31. The molecule has 0 spiro atoms. The third-order valence-electron chi connectivity index (χ3n) is 2.77. The van der Waals surface area contributed by atoms with Gasteiger partial charge >= 0.3 is 0 Å². The van der Waals surface area contributed by atoms with Crippen LogP contribution in [-0.2, 0) is 4.79 Å². The topological polar surface area (TPSA) is 84.6 Å². The lowest BCUT2D eigenvalue weighted by Crippen LogP contribution is -2.32. The molecule has 22 heavy (non-hydrogen) atoms. The van der Waals surface area contributed by atoms with E-state index < -0.39 is 12.0 Å². The molecule has 1 heterocycles. The number of aliphatic hydroxyl groups excluding tert-OH is 1. The Hall–Kier alpha value is -1.76. The molecule has 2 N–H and O–H groups in total. The van der Waals surface area contributed by atoms with Crippen molar-refractivity contribution < 1.29 is 19.2 Å². The van der Waals surface area contributed by atoms with E-state index in [0.717, 1.165) is 0 Å². The average molecular weight is 345 g/mol. The average Bonchev–Trinajstić information content (AvgIpc) is 2.88. The van der Waals surface area contributed by atoms with Gasteiger partial charge < -0.3 is 19.7 Å². The molecule has 118 valence electrons. The fourth-order valence-electron chi connectivity index (χ4n) is 1.69. The second kappa shape index (κ2) is 7.49. The zero-order valence-corrected chi connectivity index (χ0v) is 13.2. The second-order valence-electron chi connectivity index (χ2n) is 4.55. The van der Waals surface area contributed by atoms with Crippen LogP contribution in [0.15, 0.2) is 28.8 Å². The first-order chi connectivity index (χ1) is 10.5. The molecule has 1 amide bonds. The first kappa shape index (κ1) is 16.6. The fraction of sp³-hybridized carbons (Fsp3) is 0.286. The number of halogens is 2. The quantitative estimate of drug-likeness (QED) is 0.840. The summed E-state index contributed by atoms with van der Waals surface area (Å²) >= 11 is 11.8. The van der Waals surface area contributed by atoms with Crippen LogP contribution in [0.5, 0.6) is 5.88 Å². The van der Waals surface area contributed by atoms with E-state index in [4.69, 9.17) is 32.5 Å². The van der Waals surface area contributed by atoms with Crippen molar-refractivity contribution in [2.45, 2.75) is 13.0 Å². The zero-order valence-electron chi connectivity index (χ0n) is 11.7. The normalized spacial score (nSPS) is 12.0. The molecule has 1 atom stereocenters. The van der Waals surface area contributed by atoms with Crippen LogP contribution in [0.1, 0.15) is 17.4 Å². The highest BCUT2D eigenvalue weighted by Gasteiger charge is 2.14. The molecule has 0 radical (unpaired) electrons. The summed E-state index contributed by atoms with van der Waals surface area (Å²) in [5.41, 5.74) is 0.486. The molecular weight excluding hydrogens is 331 g/mol. The highest BCUT2D eigenvalue weighted by atomic mass is 35.5. The number of aryl methyl sites for hydroxylation is 1. The molecule has 0 aliphatic rings. The molecule has 0 saturated carbocycles. The summed E-state index contributed by atoms with van der Waals surface area (Å²) in [5, 5.41) is 17.0. The van der Waals surface area contributed by atoms with Crippen LogP contribution < -0.4 is 10.1 Å². The van der Waals surface area contributed by atoms with Gasteiger partial charge in [-0.05, 0) is 24.2 Å². The summed E-state index contributed by atoms with van der Waals surface area (Å²) < 4.78 is 9.93. The lowest BCUT2D eigenvalue weighted by atomic mass is 10.1. The van der Waals surface area contributed by atoms with Crippen molar-refractivity contribution in [3.63, 3.8) is 0 Å². The van der Waals surface area contributed by atoms with Gasteiger partial charge in [0.05, 0.1) is 6.10 Å². The smallest absolute Gasteiger partial charge is 0.258 e. The lowest BCUT2D eigenvalue weighted by molar-refractivity contribution is -0.123. The largest absolute Gasteiger partial charge is 0.465 e. The Kier molecular flexibility index (Phi) is 5.65. The van der Waals surface area contributed by atoms with Gasteiger partial charge in [-0.2, -0.15) is 0 Å². The molecule has 1 aromatic heterocycles. The predicted molar refractivity (Wildman–Crippen MR) is 81.2 cm³/mol. The molecule has 0 bridgehead atoms. The van der Waals surface area contributed by atoms with E-state index >= 15 is 0 Å². The number of hydrogen-bond donors (Lipinski definition) is 2. The minimum Gasteiger partial charge on any atom is -0.465 e. The van der Waals surface area contributed by atoms with Gasteiger partial charge in [0, 0.05) is 28.2 Å². The van der Waals surface area contributed by atoms with E-state index in [1.165, 1.54) is 6.07 Å². The molecule has 0 fully saturated rings. The molecule has 0 saturated heterocycles. The molecule has 6 nitrogen and oxygen atoms in total. The summed E-state index contributed by atoms with van der Waals surface area (Å²) in [6.07, 6.45) is -0.942. The van der Waals surface area contributed by atoms with Gasteiger partial charge in [0.15, 0.2) is 6.61 Å². The zero-order chi connectivity index (χ0) is 16.1. The highest BCUT2D eigenvalue weighted by molar-refractivity contribution is 6.35. The predicted octanol–water partition coefficient (Wildman–Crippen LogP) is 2.52. The summed E-state index contributed by atoms with van der Waals surface area (Å²) in [7, 11) is 0. The summed E-state index contributed by atoms with van der Waals surface area (Å²) in [4.78, 5) is 11.6. The number of nitrogens with zero attached hydrogens (tertiary/aromatic N) is 1. The van der Waals surface area contributed by atoms with Crippen molar-refractivity contribution in [3.8, 4) is 5.88 Å². The Morgan fingerprint density at radius 3 is 2.86 bits per heavy atom. The first-order valence-corrected chi connectivity index (χ1v) is 7.17. The Morgan fingerprint density at radius 2 is 2.23 bits per heavy atom. The monoisotopic (exact) mass is 344 g/mol. The number of aromatic nitrogens is 1. The minimum absolute atomic E-state index is 0.00138. The summed E-state index contributed by atoms with van der Waals surface area (Å²) in [5.74, 6) is 0.418. The van der Waals surface area contributed by atoms with Crippen LogP contribution >= 0.6 is 23.2 Å². The van der Waals surface area contributed by atoms with Crippen LogP contribution in [0.4, 0.5) is 0 Å². The van der Waals surface area contributed by atoms with Crippen molar-refractivity contribution >= 4 is 29.1 Å². The van der Waals surface area contributed by atoms with Crippen LogP contribution in [0, 0.1) is 6.92 Å². The standard InChI is InChI=1S/C14H14Cl2N2O4/c1-8-4-14(18-22-8)21-7-13(20)17-6-12(19)10-3-2-9(15)5-11(10)16/h2-5,12,19H,6-7H2,1H3,(H,17,20). The number of ether oxygens (including phenoxy) is 1. The van der Waals surface area contributed by atoms with Crippen molar-refractivity contribution in [2.24, 2.45) is 0 Å². The van der Waals surface area contributed by atoms with E-state index in [9.17, 15) is 9.90 Å². The van der Waals surface area contributed by atoms with Crippen LogP contribution in [-0.4, -0.2) is 29.3 Å². The summed E-state index contributed by atoms with van der Waals surface area (Å²) in [6.45, 7) is 1.49. The molecule has 1 aromatic carbocycles. The first-order valence-electron chi connectivity index (χ1n) is 6.41. The molecular formula is C14H14Cl2N2O4. The number of aliphatic hydroxyl groups is 1. The van der Waals surface area contributed by atoms with Gasteiger partial charge in [-0.3, -0.25) is 4.79 Å². The van der Waals surface area contributed by atoms with Crippen LogP contribution in [0.25, 0.3) is 0 Å². The van der Waals surface area contributed by atoms with Crippen LogP contribution in [0.3, 0.4) is 0 Å². The van der Waals surface area contributed by atoms with Gasteiger partial charge in [0.25, 0.3) is 11.8 Å². The number of amides is 1. The number of hydrogen-bond acceptors (Lipinski definition) is 5. The van der Waals surface area contributed by atoms with Gasteiger partial charge in [-0.1, -0.05) is 29.3 Å². The third-order valence-corrected chi connectivity index (χ3v) is 3.33. The third kappa shape index (κ3) is 4.62. The SMILES string of the molecule is Cc1cc(OCC(=O)NCC(O)c2ccc(Cl)cc2Cl)no1. The Morgan fingerprint density at radius 1 is 1.45 bits per heavy atom. The van der Waals surface area contributed by atoms with Crippen molar-refractivity contribution in [1.29, 1.82) is 0 Å².